The van der Waals surface area contributed by atoms with Crippen LogP contribution in [0.3, 0.4) is 0 Å². The van der Waals surface area contributed by atoms with Gasteiger partial charge >= 0.3 is 0 Å². The van der Waals surface area contributed by atoms with Gasteiger partial charge in [-0.3, -0.25) is 0 Å². The Morgan fingerprint density at radius 3 is 2.68 bits per heavy atom. The highest BCUT2D eigenvalue weighted by atomic mass is 32.2. The second-order valence-electron chi connectivity index (χ2n) is 9.40. The molecule has 3 aliphatic rings. The Morgan fingerprint density at radius 1 is 1.06 bits per heavy atom. The molecule has 0 saturated heterocycles. The number of hydrogen-bond acceptors (Lipinski definition) is 1. The molecule has 0 nitrogen and oxygen atoms in total. The molecule has 31 heavy (non-hydrogen) atoms. The van der Waals surface area contributed by atoms with E-state index >= 15 is 0 Å². The zero-order chi connectivity index (χ0) is 21.4. The molecule has 0 spiro atoms. The topological polar surface area (TPSA) is 0 Å². The van der Waals surface area contributed by atoms with E-state index in [4.69, 9.17) is 0 Å². The summed E-state index contributed by atoms with van der Waals surface area (Å²) in [5, 5.41) is 2.88. The Balaban J connectivity index is 1.36. The van der Waals surface area contributed by atoms with E-state index in [0.29, 0.717) is 29.6 Å². The molecule has 0 radical (unpaired) electrons. The fraction of sp³-hybridized carbons (Fsp3) is 0.333. The summed E-state index contributed by atoms with van der Waals surface area (Å²) in [6, 6.07) is 13.6. The predicted octanol–water partition coefficient (Wildman–Crippen LogP) is 8.84. The van der Waals surface area contributed by atoms with Crippen LogP contribution in [0, 0.1) is 23.7 Å². The average Bonchev–Trinajstić information content (AvgIpc) is 2.77. The van der Waals surface area contributed by atoms with Gasteiger partial charge in [-0.05, 0) is 70.4 Å². The summed E-state index contributed by atoms with van der Waals surface area (Å²) in [6.45, 7) is 6.94. The summed E-state index contributed by atoms with van der Waals surface area (Å²) in [5.41, 5.74) is 2.98. The van der Waals surface area contributed by atoms with Crippen molar-refractivity contribution in [1.82, 2.24) is 0 Å². The van der Waals surface area contributed by atoms with Gasteiger partial charge in [-0.25, -0.2) is 0 Å². The van der Waals surface area contributed by atoms with Crippen LogP contribution in [0.15, 0.2) is 100 Å². The fourth-order valence-electron chi connectivity index (χ4n) is 5.74. The standard InChI is InChI=1S/C30H32S/c1-4-23(25-15-6-5-10-20(25)2)12-7-11-22-18-21(3)29-26-16-8-13-24-14-9-17-27(30(24)26)31-28(29)19-22/h4-10,12-17,19-22,25,29H,11,18H2,1-3H3/b12-7-,23-4+/t20-,21+,22?,25?,29?/m0/s1. The van der Waals surface area contributed by atoms with Gasteiger partial charge in [-0.15, -0.1) is 0 Å². The molecule has 5 atom stereocenters. The van der Waals surface area contributed by atoms with Gasteiger partial charge in [0.2, 0.25) is 0 Å². The van der Waals surface area contributed by atoms with Crippen molar-refractivity contribution in [1.29, 1.82) is 0 Å². The van der Waals surface area contributed by atoms with Crippen LogP contribution < -0.4 is 0 Å². The highest BCUT2D eigenvalue weighted by Crippen LogP contribution is 2.54. The first-order chi connectivity index (χ1) is 15.2. The maximum absolute atomic E-state index is 2.59. The minimum absolute atomic E-state index is 0.505. The Kier molecular flexibility index (Phi) is 5.80. The van der Waals surface area contributed by atoms with Gasteiger partial charge < -0.3 is 0 Å². The van der Waals surface area contributed by atoms with E-state index in [2.05, 4.69) is 106 Å². The minimum atomic E-state index is 0.505. The molecule has 0 amide bonds. The zero-order valence-corrected chi connectivity index (χ0v) is 19.6. The fourth-order valence-corrected chi connectivity index (χ4v) is 7.22. The van der Waals surface area contributed by atoms with Gasteiger partial charge in [-0.2, -0.15) is 0 Å². The van der Waals surface area contributed by atoms with Crippen molar-refractivity contribution in [3.63, 3.8) is 0 Å². The van der Waals surface area contributed by atoms with E-state index in [0.717, 1.165) is 6.42 Å². The van der Waals surface area contributed by atoms with Crippen LogP contribution in [-0.4, -0.2) is 0 Å². The summed E-state index contributed by atoms with van der Waals surface area (Å²) in [7, 11) is 0. The third kappa shape index (κ3) is 3.89. The summed E-state index contributed by atoms with van der Waals surface area (Å²) in [5.74, 6) is 2.95. The zero-order valence-electron chi connectivity index (χ0n) is 18.8. The molecule has 1 heterocycles. The Morgan fingerprint density at radius 2 is 1.87 bits per heavy atom. The first-order valence-electron chi connectivity index (χ1n) is 11.7. The van der Waals surface area contributed by atoms with Crippen molar-refractivity contribution in [2.24, 2.45) is 23.7 Å². The van der Waals surface area contributed by atoms with Gasteiger partial charge in [0.1, 0.15) is 0 Å². The highest BCUT2D eigenvalue weighted by Gasteiger charge is 2.35. The number of benzene rings is 2. The Labute approximate surface area is 191 Å². The molecule has 3 unspecified atom stereocenters. The molecule has 0 aromatic heterocycles. The third-order valence-corrected chi connectivity index (χ3v) is 8.48. The van der Waals surface area contributed by atoms with Gasteiger partial charge in [0.05, 0.1) is 0 Å². The number of allylic oxidation sites excluding steroid dienone is 10. The van der Waals surface area contributed by atoms with Crippen LogP contribution in [0.5, 0.6) is 0 Å². The molecule has 0 N–H and O–H groups in total. The van der Waals surface area contributed by atoms with Gasteiger partial charge in [0, 0.05) is 16.7 Å². The molecule has 2 aromatic rings. The Bertz CT molecular complexity index is 1120. The number of rotatable bonds is 4. The van der Waals surface area contributed by atoms with Crippen molar-refractivity contribution in [2.45, 2.75) is 44.4 Å². The lowest BCUT2D eigenvalue weighted by Crippen LogP contribution is -2.22. The Hall–Kier alpha value is -2.25. The molecule has 1 heteroatoms. The summed E-state index contributed by atoms with van der Waals surface area (Å²) in [4.78, 5) is 3.00. The largest absolute Gasteiger partial charge is 0.0936 e. The molecule has 0 fully saturated rings. The predicted molar refractivity (Wildman–Crippen MR) is 136 cm³/mol. The van der Waals surface area contributed by atoms with E-state index < -0.39 is 0 Å². The summed E-state index contributed by atoms with van der Waals surface area (Å²) < 4.78 is 0. The van der Waals surface area contributed by atoms with E-state index in [1.807, 2.05) is 11.8 Å². The van der Waals surface area contributed by atoms with Crippen LogP contribution in [0.1, 0.15) is 45.1 Å². The number of hydrogen-bond donors (Lipinski definition) is 0. The second-order valence-corrected chi connectivity index (χ2v) is 10.5. The van der Waals surface area contributed by atoms with Crippen molar-refractivity contribution in [2.75, 3.05) is 0 Å². The quantitative estimate of drug-likeness (QED) is 0.442. The molecule has 0 bridgehead atoms. The minimum Gasteiger partial charge on any atom is -0.0936 e. The van der Waals surface area contributed by atoms with Crippen molar-refractivity contribution in [3.05, 3.63) is 101 Å². The lowest BCUT2D eigenvalue weighted by Gasteiger charge is -2.38. The third-order valence-electron chi connectivity index (χ3n) is 7.29. The molecular formula is C30H32S. The number of fused-ring (bicyclic) bond motifs is 2. The maximum atomic E-state index is 2.59. The molecule has 2 aromatic carbocycles. The van der Waals surface area contributed by atoms with Crippen LogP contribution in [0.2, 0.25) is 0 Å². The van der Waals surface area contributed by atoms with Crippen LogP contribution in [-0.2, 0) is 0 Å². The van der Waals surface area contributed by atoms with Crippen LogP contribution in [0.4, 0.5) is 0 Å². The molecule has 2 aliphatic carbocycles. The lowest BCUT2D eigenvalue weighted by molar-refractivity contribution is 0.388. The SMILES string of the molecule is C/C=C(\C=C/CC1C=C2Sc3cccc4cccc(c34)C2[C@H](C)C1)C1C=CC=C[C@@H]1C. The molecular weight excluding hydrogens is 392 g/mol. The second kappa shape index (κ2) is 8.71. The van der Waals surface area contributed by atoms with Gasteiger partial charge in [-0.1, -0.05) is 105 Å². The first-order valence-corrected chi connectivity index (χ1v) is 12.6. The smallest absolute Gasteiger partial charge is 0.0200 e. The van der Waals surface area contributed by atoms with E-state index in [-0.39, 0.29) is 0 Å². The lowest BCUT2D eigenvalue weighted by atomic mass is 9.74. The highest BCUT2D eigenvalue weighted by molar-refractivity contribution is 8.03. The monoisotopic (exact) mass is 424 g/mol. The molecule has 5 rings (SSSR count). The summed E-state index contributed by atoms with van der Waals surface area (Å²) >= 11 is 2.02. The van der Waals surface area contributed by atoms with Gasteiger partial charge in [0.15, 0.2) is 0 Å². The van der Waals surface area contributed by atoms with Gasteiger partial charge in [0.25, 0.3) is 0 Å². The normalized spacial score (nSPS) is 30.0. The number of thioether (sulfide) groups is 1. The maximum Gasteiger partial charge on any atom is 0.0200 e. The van der Waals surface area contributed by atoms with Crippen molar-refractivity contribution >= 4 is 22.5 Å². The average molecular weight is 425 g/mol. The van der Waals surface area contributed by atoms with Crippen molar-refractivity contribution in [3.8, 4) is 0 Å². The van der Waals surface area contributed by atoms with E-state index in [1.165, 1.54) is 27.7 Å². The van der Waals surface area contributed by atoms with Crippen molar-refractivity contribution < 1.29 is 0 Å². The molecule has 158 valence electrons. The molecule has 1 aliphatic heterocycles. The molecule has 0 saturated carbocycles. The van der Waals surface area contributed by atoms with Crippen LogP contribution in [0.25, 0.3) is 10.8 Å². The summed E-state index contributed by atoms with van der Waals surface area (Å²) in [6.07, 6.45) is 21.1. The van der Waals surface area contributed by atoms with Crippen LogP contribution >= 0.6 is 11.8 Å². The van der Waals surface area contributed by atoms with E-state index in [1.54, 1.807) is 10.5 Å². The van der Waals surface area contributed by atoms with E-state index in [9.17, 15) is 0 Å². The first kappa shape index (κ1) is 20.6.